The van der Waals surface area contributed by atoms with Crippen LogP contribution in [0.2, 0.25) is 0 Å². The van der Waals surface area contributed by atoms with Crippen LogP contribution in [-0.4, -0.2) is 56.8 Å². The Morgan fingerprint density at radius 1 is 1.29 bits per heavy atom. The number of rotatable bonds is 9. The average molecular weight is 399 g/mol. The predicted molar refractivity (Wildman–Crippen MR) is 106 cm³/mol. The lowest BCUT2D eigenvalue weighted by Gasteiger charge is -2.24. The number of ether oxygens (including phenoxy) is 2. The summed E-state index contributed by atoms with van der Waals surface area (Å²) < 4.78 is 12.3. The summed E-state index contributed by atoms with van der Waals surface area (Å²) in [5, 5.41) is 19.4. The van der Waals surface area contributed by atoms with Gasteiger partial charge in [0.15, 0.2) is 5.82 Å². The number of hydrogen-bond donors (Lipinski definition) is 3. The summed E-state index contributed by atoms with van der Waals surface area (Å²) in [6.07, 6.45) is 1.03. The van der Waals surface area contributed by atoms with Gasteiger partial charge in [0.25, 0.3) is 0 Å². The van der Waals surface area contributed by atoms with Crippen LogP contribution in [0.5, 0.6) is 0 Å². The summed E-state index contributed by atoms with van der Waals surface area (Å²) in [5.41, 5.74) is -1.60. The van der Waals surface area contributed by atoms with Crippen molar-refractivity contribution in [2.45, 2.75) is 84.8 Å². The Labute approximate surface area is 166 Å². The molecule has 0 unspecified atom stereocenters. The molecule has 2 atom stereocenters. The third-order valence-electron chi connectivity index (χ3n) is 3.47. The summed E-state index contributed by atoms with van der Waals surface area (Å²) >= 11 is 0. The second-order valence-electron chi connectivity index (χ2n) is 8.40. The minimum atomic E-state index is -0.930. The molecule has 2 amide bonds. The van der Waals surface area contributed by atoms with Crippen molar-refractivity contribution in [1.29, 1.82) is 0 Å². The molecule has 0 saturated carbocycles. The van der Waals surface area contributed by atoms with Crippen LogP contribution in [0.25, 0.3) is 0 Å². The van der Waals surface area contributed by atoms with Crippen molar-refractivity contribution in [2.24, 2.45) is 0 Å². The van der Waals surface area contributed by atoms with Crippen LogP contribution >= 0.6 is 0 Å². The van der Waals surface area contributed by atoms with Crippen molar-refractivity contribution < 1.29 is 24.2 Å². The van der Waals surface area contributed by atoms with E-state index in [1.807, 2.05) is 13.8 Å². The molecular formula is C19H34N4O5. The Morgan fingerprint density at radius 2 is 1.93 bits per heavy atom. The second-order valence-corrected chi connectivity index (χ2v) is 8.40. The number of amides is 2. The van der Waals surface area contributed by atoms with E-state index >= 15 is 0 Å². The number of alkyl carbamates (subject to hydrolysis) is 1. The molecule has 9 nitrogen and oxygen atoms in total. The highest BCUT2D eigenvalue weighted by Gasteiger charge is 2.27. The van der Waals surface area contributed by atoms with Crippen LogP contribution in [0.4, 0.5) is 10.6 Å². The fourth-order valence-electron chi connectivity index (χ4n) is 2.49. The summed E-state index contributed by atoms with van der Waals surface area (Å²) in [6.45, 7) is 13.1. The number of hydrogen-bond acceptors (Lipinski definition) is 6. The van der Waals surface area contributed by atoms with Crippen molar-refractivity contribution in [3.63, 3.8) is 0 Å². The van der Waals surface area contributed by atoms with Gasteiger partial charge in [0.1, 0.15) is 11.6 Å². The van der Waals surface area contributed by atoms with Crippen molar-refractivity contribution in [1.82, 2.24) is 15.1 Å². The van der Waals surface area contributed by atoms with Gasteiger partial charge in [0, 0.05) is 25.3 Å². The van der Waals surface area contributed by atoms with Crippen molar-refractivity contribution in [2.75, 3.05) is 11.9 Å². The standard InChI is InChI=1S/C19H34N4O5/c1-8-27-13(2)11-14(20-17(25)28-18(3,4)5)16(24)21-15-9-10-23(22-15)12-19(6,7)26/h9-10,13-14,26H,8,11-12H2,1-7H3,(H,20,25)(H,21,22,24)/t13-,14+/m1/s1. The van der Waals surface area contributed by atoms with E-state index in [0.29, 0.717) is 12.4 Å². The zero-order valence-corrected chi connectivity index (χ0v) is 17.9. The molecule has 0 radical (unpaired) electrons. The third-order valence-corrected chi connectivity index (χ3v) is 3.47. The van der Waals surface area contributed by atoms with E-state index in [4.69, 9.17) is 9.47 Å². The molecule has 0 fully saturated rings. The van der Waals surface area contributed by atoms with Gasteiger partial charge in [-0.15, -0.1) is 0 Å². The largest absolute Gasteiger partial charge is 0.444 e. The van der Waals surface area contributed by atoms with Gasteiger partial charge in [-0.2, -0.15) is 5.10 Å². The lowest BCUT2D eigenvalue weighted by Crippen LogP contribution is -2.47. The van der Waals surface area contributed by atoms with Crippen molar-refractivity contribution in [3.05, 3.63) is 12.3 Å². The van der Waals surface area contributed by atoms with Gasteiger partial charge in [-0.25, -0.2) is 4.79 Å². The Balaban J connectivity index is 2.81. The van der Waals surface area contributed by atoms with E-state index in [9.17, 15) is 14.7 Å². The average Bonchev–Trinajstić information content (AvgIpc) is 2.89. The predicted octanol–water partition coefficient (Wildman–Crippen LogP) is 2.30. The molecule has 160 valence electrons. The Morgan fingerprint density at radius 3 is 2.46 bits per heavy atom. The normalized spacial score (nSPS) is 14.3. The molecule has 1 heterocycles. The molecule has 0 aliphatic carbocycles. The van der Waals surface area contributed by atoms with Gasteiger partial charge >= 0.3 is 6.09 Å². The number of anilines is 1. The molecule has 1 aromatic heterocycles. The highest BCUT2D eigenvalue weighted by atomic mass is 16.6. The van der Waals surface area contributed by atoms with Gasteiger partial charge in [-0.1, -0.05) is 0 Å². The maximum atomic E-state index is 12.7. The Hall–Kier alpha value is -2.13. The van der Waals surface area contributed by atoms with E-state index in [0.717, 1.165) is 0 Å². The van der Waals surface area contributed by atoms with E-state index in [1.54, 1.807) is 46.9 Å². The summed E-state index contributed by atoms with van der Waals surface area (Å²) in [7, 11) is 0. The monoisotopic (exact) mass is 398 g/mol. The molecule has 9 heteroatoms. The quantitative estimate of drug-likeness (QED) is 0.588. The number of aromatic nitrogens is 2. The first kappa shape index (κ1) is 23.9. The van der Waals surface area contributed by atoms with E-state index in [-0.39, 0.29) is 19.1 Å². The zero-order chi connectivity index (χ0) is 21.5. The molecule has 0 aliphatic heterocycles. The van der Waals surface area contributed by atoms with E-state index < -0.39 is 29.2 Å². The minimum absolute atomic E-state index is 0.233. The third kappa shape index (κ3) is 9.70. The van der Waals surface area contributed by atoms with Crippen LogP contribution in [-0.2, 0) is 20.8 Å². The van der Waals surface area contributed by atoms with Gasteiger partial charge in [0.05, 0.1) is 18.2 Å². The molecule has 1 rings (SSSR count). The van der Waals surface area contributed by atoms with Crippen molar-refractivity contribution in [3.8, 4) is 0 Å². The smallest absolute Gasteiger partial charge is 0.408 e. The molecule has 3 N–H and O–H groups in total. The summed E-state index contributed by atoms with van der Waals surface area (Å²) in [6, 6.07) is 0.774. The maximum Gasteiger partial charge on any atom is 0.408 e. The van der Waals surface area contributed by atoms with Gasteiger partial charge in [-0.05, 0) is 48.5 Å². The van der Waals surface area contributed by atoms with Crippen LogP contribution in [0.15, 0.2) is 12.3 Å². The SMILES string of the molecule is CCO[C@H](C)C[C@H](NC(=O)OC(C)(C)C)C(=O)Nc1ccn(CC(C)(C)O)n1. The highest BCUT2D eigenvalue weighted by molar-refractivity contribution is 5.95. The molecule has 28 heavy (non-hydrogen) atoms. The molecule has 0 bridgehead atoms. The van der Waals surface area contributed by atoms with Crippen LogP contribution in [0.3, 0.4) is 0 Å². The topological polar surface area (TPSA) is 115 Å². The first-order chi connectivity index (χ1) is 12.8. The Bertz CT molecular complexity index is 645. The molecule has 0 aromatic carbocycles. The molecule has 0 aliphatic rings. The second kappa shape index (κ2) is 9.88. The summed E-state index contributed by atoms with van der Waals surface area (Å²) in [5.74, 6) is -0.0970. The van der Waals surface area contributed by atoms with E-state index in [1.165, 1.54) is 4.68 Å². The Kier molecular flexibility index (Phi) is 8.44. The number of nitrogens with one attached hydrogen (secondary N) is 2. The fourth-order valence-corrected chi connectivity index (χ4v) is 2.49. The van der Waals surface area contributed by atoms with E-state index in [2.05, 4.69) is 15.7 Å². The number of carbonyl (C=O) groups is 2. The van der Waals surface area contributed by atoms with Crippen LogP contribution < -0.4 is 10.6 Å². The minimum Gasteiger partial charge on any atom is -0.444 e. The first-order valence-electron chi connectivity index (χ1n) is 9.47. The first-order valence-corrected chi connectivity index (χ1v) is 9.47. The number of nitrogens with zero attached hydrogens (tertiary/aromatic N) is 2. The highest BCUT2D eigenvalue weighted by Crippen LogP contribution is 2.12. The number of carbonyl (C=O) groups excluding carboxylic acids is 2. The molecular weight excluding hydrogens is 364 g/mol. The summed E-state index contributed by atoms with van der Waals surface area (Å²) in [4.78, 5) is 24.8. The van der Waals surface area contributed by atoms with Crippen LogP contribution in [0, 0.1) is 0 Å². The molecule has 1 aromatic rings. The lowest BCUT2D eigenvalue weighted by molar-refractivity contribution is -0.119. The zero-order valence-electron chi connectivity index (χ0n) is 17.9. The lowest BCUT2D eigenvalue weighted by atomic mass is 10.1. The number of aliphatic hydroxyl groups is 1. The van der Waals surface area contributed by atoms with Gasteiger partial charge in [0.2, 0.25) is 5.91 Å². The van der Waals surface area contributed by atoms with Gasteiger partial charge in [-0.3, -0.25) is 9.48 Å². The fraction of sp³-hybridized carbons (Fsp3) is 0.737. The molecule has 0 saturated heterocycles. The van der Waals surface area contributed by atoms with Crippen LogP contribution in [0.1, 0.15) is 54.9 Å². The molecule has 0 spiro atoms. The van der Waals surface area contributed by atoms with Gasteiger partial charge < -0.3 is 25.2 Å². The maximum absolute atomic E-state index is 12.7. The van der Waals surface area contributed by atoms with Crippen molar-refractivity contribution >= 4 is 17.8 Å².